The summed E-state index contributed by atoms with van der Waals surface area (Å²) in [4.78, 5) is 0. The number of benzene rings is 2. The SMILES string of the molecule is C[C@@H](OC[C@@]1(c2ccccc2)CCC(N)[C@@H](CN)N1)c1cc(C(F)(F)F)cc(C(F)(F)F)c1. The van der Waals surface area contributed by atoms with E-state index in [-0.39, 0.29) is 36.9 Å². The van der Waals surface area contributed by atoms with Crippen LogP contribution in [0.2, 0.25) is 0 Å². The first-order valence-corrected chi connectivity index (χ1v) is 10.6. The molecule has 0 spiro atoms. The smallest absolute Gasteiger partial charge is 0.372 e. The number of halogens is 6. The van der Waals surface area contributed by atoms with Crippen molar-refractivity contribution in [3.8, 4) is 0 Å². The van der Waals surface area contributed by atoms with Gasteiger partial charge in [-0.1, -0.05) is 30.3 Å². The van der Waals surface area contributed by atoms with Crippen LogP contribution in [0.1, 0.15) is 48.1 Å². The van der Waals surface area contributed by atoms with Crippen LogP contribution in [0.15, 0.2) is 48.5 Å². The van der Waals surface area contributed by atoms with Crippen LogP contribution in [-0.4, -0.2) is 25.2 Å². The maximum atomic E-state index is 13.2. The lowest BCUT2D eigenvalue weighted by molar-refractivity contribution is -0.143. The van der Waals surface area contributed by atoms with E-state index in [0.717, 1.165) is 5.56 Å². The standard InChI is InChI=1S/C23H27F6N3O/c1-14(15-9-17(22(24,25)26)11-18(10-15)23(27,28)29)33-13-21(16-5-3-2-4-6-16)8-7-19(31)20(12-30)32-21/h2-6,9-11,14,19-20,32H,7-8,12-13,30-31H2,1H3/t14-,19?,20-,21-/m1/s1. The maximum Gasteiger partial charge on any atom is 0.416 e. The van der Waals surface area contributed by atoms with Gasteiger partial charge in [0.2, 0.25) is 0 Å². The predicted octanol–water partition coefficient (Wildman–Crippen LogP) is 4.74. The third-order valence-corrected chi connectivity index (χ3v) is 6.12. The van der Waals surface area contributed by atoms with Crippen LogP contribution in [0, 0.1) is 0 Å². The van der Waals surface area contributed by atoms with Crippen molar-refractivity contribution in [3.63, 3.8) is 0 Å². The first kappa shape index (κ1) is 25.5. The van der Waals surface area contributed by atoms with Crippen LogP contribution in [0.5, 0.6) is 0 Å². The lowest BCUT2D eigenvalue weighted by Crippen LogP contribution is -2.63. The second kappa shape index (κ2) is 9.61. The number of ether oxygens (including phenoxy) is 1. The average molecular weight is 475 g/mol. The van der Waals surface area contributed by atoms with Crippen molar-refractivity contribution >= 4 is 0 Å². The summed E-state index contributed by atoms with van der Waals surface area (Å²) in [6.07, 6.45) is -9.67. The Bertz CT molecular complexity index is 902. The molecule has 10 heteroatoms. The molecule has 0 amide bonds. The fraction of sp³-hybridized carbons (Fsp3) is 0.478. The zero-order valence-electron chi connectivity index (χ0n) is 18.0. The van der Waals surface area contributed by atoms with Gasteiger partial charge < -0.3 is 16.2 Å². The van der Waals surface area contributed by atoms with Crippen molar-refractivity contribution in [1.29, 1.82) is 0 Å². The summed E-state index contributed by atoms with van der Waals surface area (Å²) in [5, 5.41) is 3.43. The van der Waals surface area contributed by atoms with Gasteiger partial charge in [0.1, 0.15) is 0 Å². The molecule has 0 saturated carbocycles. The van der Waals surface area contributed by atoms with E-state index in [1.807, 2.05) is 30.3 Å². The number of hydrogen-bond acceptors (Lipinski definition) is 4. The van der Waals surface area contributed by atoms with Crippen molar-refractivity contribution in [2.45, 2.75) is 55.8 Å². The van der Waals surface area contributed by atoms with Gasteiger partial charge in [-0.2, -0.15) is 26.3 Å². The molecule has 5 N–H and O–H groups in total. The topological polar surface area (TPSA) is 73.3 Å². The van der Waals surface area contributed by atoms with Crippen molar-refractivity contribution in [1.82, 2.24) is 5.32 Å². The molecule has 4 atom stereocenters. The normalized spacial score (nSPS) is 25.1. The zero-order chi connectivity index (χ0) is 24.4. The molecular weight excluding hydrogens is 448 g/mol. The number of nitrogens with two attached hydrogens (primary N) is 2. The van der Waals surface area contributed by atoms with E-state index < -0.39 is 35.1 Å². The number of hydrogen-bond donors (Lipinski definition) is 3. The molecule has 1 saturated heterocycles. The highest BCUT2D eigenvalue weighted by atomic mass is 19.4. The Kier molecular flexibility index (Phi) is 7.42. The predicted molar refractivity (Wildman–Crippen MR) is 112 cm³/mol. The molecule has 2 aromatic carbocycles. The molecule has 0 aliphatic carbocycles. The van der Waals surface area contributed by atoms with Gasteiger partial charge in [0, 0.05) is 18.6 Å². The number of alkyl halides is 6. The highest BCUT2D eigenvalue weighted by Gasteiger charge is 2.41. The van der Waals surface area contributed by atoms with E-state index in [1.54, 1.807) is 0 Å². The van der Waals surface area contributed by atoms with Gasteiger partial charge in [-0.25, -0.2) is 0 Å². The van der Waals surface area contributed by atoms with Crippen LogP contribution >= 0.6 is 0 Å². The molecule has 1 fully saturated rings. The van der Waals surface area contributed by atoms with Crippen LogP contribution in [-0.2, 0) is 22.6 Å². The monoisotopic (exact) mass is 475 g/mol. The molecule has 2 aromatic rings. The van der Waals surface area contributed by atoms with Gasteiger partial charge in [0.25, 0.3) is 0 Å². The largest absolute Gasteiger partial charge is 0.416 e. The zero-order valence-corrected chi connectivity index (χ0v) is 18.0. The van der Waals surface area contributed by atoms with Gasteiger partial charge in [0.15, 0.2) is 0 Å². The summed E-state index contributed by atoms with van der Waals surface area (Å²) >= 11 is 0. The summed E-state index contributed by atoms with van der Waals surface area (Å²) in [6.45, 7) is 1.72. The van der Waals surface area contributed by atoms with Crippen LogP contribution in [0.3, 0.4) is 0 Å². The number of rotatable bonds is 6. The summed E-state index contributed by atoms with van der Waals surface area (Å²) in [7, 11) is 0. The number of piperidine rings is 1. The Labute approximate surface area is 188 Å². The molecule has 4 nitrogen and oxygen atoms in total. The fourth-order valence-electron chi connectivity index (χ4n) is 4.14. The Morgan fingerprint density at radius 3 is 2.12 bits per heavy atom. The Morgan fingerprint density at radius 2 is 1.61 bits per heavy atom. The van der Waals surface area contributed by atoms with Gasteiger partial charge in [-0.3, -0.25) is 5.32 Å². The van der Waals surface area contributed by atoms with E-state index in [1.165, 1.54) is 6.92 Å². The molecule has 3 rings (SSSR count). The lowest BCUT2D eigenvalue weighted by atomic mass is 9.79. The van der Waals surface area contributed by atoms with Crippen molar-refractivity contribution in [3.05, 3.63) is 70.8 Å². The average Bonchev–Trinajstić information content (AvgIpc) is 2.77. The number of nitrogens with one attached hydrogen (secondary N) is 1. The van der Waals surface area contributed by atoms with E-state index in [4.69, 9.17) is 16.2 Å². The molecule has 1 aliphatic heterocycles. The third kappa shape index (κ3) is 5.87. The van der Waals surface area contributed by atoms with E-state index in [0.29, 0.717) is 25.0 Å². The van der Waals surface area contributed by atoms with Crippen LogP contribution in [0.25, 0.3) is 0 Å². The second-order valence-electron chi connectivity index (χ2n) is 8.43. The second-order valence-corrected chi connectivity index (χ2v) is 8.43. The Balaban J connectivity index is 1.90. The first-order valence-electron chi connectivity index (χ1n) is 10.6. The van der Waals surface area contributed by atoms with Gasteiger partial charge >= 0.3 is 12.4 Å². The highest BCUT2D eigenvalue weighted by Crippen LogP contribution is 2.39. The van der Waals surface area contributed by atoms with Gasteiger partial charge in [-0.05, 0) is 49.1 Å². The molecule has 1 aliphatic rings. The molecule has 0 bridgehead atoms. The van der Waals surface area contributed by atoms with E-state index in [9.17, 15) is 26.3 Å². The molecular formula is C23H27F6N3O. The minimum atomic E-state index is -4.92. The van der Waals surface area contributed by atoms with Crippen LogP contribution < -0.4 is 16.8 Å². The summed E-state index contributed by atoms with van der Waals surface area (Å²) in [5.41, 5.74) is 9.21. The highest BCUT2D eigenvalue weighted by molar-refractivity contribution is 5.35. The minimum Gasteiger partial charge on any atom is -0.372 e. The van der Waals surface area contributed by atoms with Crippen molar-refractivity contribution in [2.24, 2.45) is 11.5 Å². The summed E-state index contributed by atoms with van der Waals surface area (Å²) in [6, 6.07) is 10.4. The summed E-state index contributed by atoms with van der Waals surface area (Å²) in [5.74, 6) is 0. The molecule has 1 heterocycles. The fourth-order valence-corrected chi connectivity index (χ4v) is 4.14. The lowest BCUT2D eigenvalue weighted by Gasteiger charge is -2.45. The third-order valence-electron chi connectivity index (χ3n) is 6.12. The molecule has 0 aromatic heterocycles. The molecule has 33 heavy (non-hydrogen) atoms. The molecule has 0 radical (unpaired) electrons. The Morgan fingerprint density at radius 1 is 1.03 bits per heavy atom. The van der Waals surface area contributed by atoms with Crippen molar-refractivity contribution in [2.75, 3.05) is 13.2 Å². The maximum absolute atomic E-state index is 13.2. The quantitative estimate of drug-likeness (QED) is 0.528. The first-order chi connectivity index (χ1) is 15.4. The van der Waals surface area contributed by atoms with Gasteiger partial charge in [-0.15, -0.1) is 0 Å². The molecule has 1 unspecified atom stereocenters. The van der Waals surface area contributed by atoms with E-state index >= 15 is 0 Å². The van der Waals surface area contributed by atoms with E-state index in [2.05, 4.69) is 5.32 Å². The Hall–Kier alpha value is -2.14. The summed E-state index contributed by atoms with van der Waals surface area (Å²) < 4.78 is 85.3. The van der Waals surface area contributed by atoms with Crippen molar-refractivity contribution < 1.29 is 31.1 Å². The van der Waals surface area contributed by atoms with Crippen LogP contribution in [0.4, 0.5) is 26.3 Å². The van der Waals surface area contributed by atoms with Gasteiger partial charge in [0.05, 0.1) is 29.4 Å². The molecule has 182 valence electrons. The minimum absolute atomic E-state index is 0.0129.